The highest BCUT2D eigenvalue weighted by Crippen LogP contribution is 2.38. The van der Waals surface area contributed by atoms with Crippen molar-refractivity contribution >= 4 is 45.5 Å². The number of nitro groups is 1. The number of urea groups is 1. The van der Waals surface area contributed by atoms with E-state index in [2.05, 4.69) is 21.2 Å². The van der Waals surface area contributed by atoms with Gasteiger partial charge in [0, 0.05) is 12.1 Å². The quantitative estimate of drug-likeness (QED) is 0.188. The van der Waals surface area contributed by atoms with Crippen LogP contribution in [0, 0.1) is 10.1 Å². The molecule has 184 valence electrons. The zero-order chi connectivity index (χ0) is 25.8. The SMILES string of the molecule is COc1cc(/C=C2\C(=O)NC(=O)N(Cc3ccco3)C2=O)cc(Br)c1OCc1cccc([N+](=O)[O-])c1. The molecule has 1 N–H and O–H groups in total. The third kappa shape index (κ3) is 5.28. The van der Waals surface area contributed by atoms with E-state index in [0.29, 0.717) is 27.1 Å². The highest BCUT2D eigenvalue weighted by atomic mass is 79.9. The van der Waals surface area contributed by atoms with Crippen LogP contribution in [-0.2, 0) is 22.7 Å². The van der Waals surface area contributed by atoms with Gasteiger partial charge in [-0.05, 0) is 57.4 Å². The Morgan fingerprint density at radius 1 is 1.17 bits per heavy atom. The first kappa shape index (κ1) is 24.7. The first-order chi connectivity index (χ1) is 17.3. The number of hydrogen-bond acceptors (Lipinski definition) is 8. The summed E-state index contributed by atoms with van der Waals surface area (Å²) in [5, 5.41) is 13.1. The first-order valence-electron chi connectivity index (χ1n) is 10.4. The number of imide groups is 2. The number of ether oxygens (including phenoxy) is 2. The van der Waals surface area contributed by atoms with Crippen molar-refractivity contribution in [1.29, 1.82) is 0 Å². The summed E-state index contributed by atoms with van der Waals surface area (Å²) in [7, 11) is 1.42. The fourth-order valence-corrected chi connectivity index (χ4v) is 4.02. The highest BCUT2D eigenvalue weighted by Gasteiger charge is 2.36. The third-order valence-electron chi connectivity index (χ3n) is 5.15. The number of nitrogens with zero attached hydrogens (tertiary/aromatic N) is 2. The molecule has 0 radical (unpaired) electrons. The molecule has 0 atom stereocenters. The molecular formula is C24H18BrN3O8. The lowest BCUT2D eigenvalue weighted by Crippen LogP contribution is -2.53. The van der Waals surface area contributed by atoms with Crippen LogP contribution in [0.1, 0.15) is 16.9 Å². The molecule has 2 aromatic carbocycles. The van der Waals surface area contributed by atoms with Crippen molar-refractivity contribution in [1.82, 2.24) is 10.2 Å². The van der Waals surface area contributed by atoms with Gasteiger partial charge in [0.2, 0.25) is 0 Å². The number of hydrogen-bond donors (Lipinski definition) is 1. The number of halogens is 1. The van der Waals surface area contributed by atoms with Crippen molar-refractivity contribution in [3.8, 4) is 11.5 Å². The van der Waals surface area contributed by atoms with Crippen LogP contribution < -0.4 is 14.8 Å². The van der Waals surface area contributed by atoms with Crippen LogP contribution in [0.2, 0.25) is 0 Å². The lowest BCUT2D eigenvalue weighted by atomic mass is 10.1. The Labute approximate surface area is 212 Å². The standard InChI is InChI=1S/C24H18BrN3O8/c1-34-20-11-15(10-19(25)21(20)36-13-14-4-2-5-16(8-14)28(32)33)9-18-22(29)26-24(31)27(23(18)30)12-17-6-3-7-35-17/h2-11H,12-13H2,1H3,(H,26,29,31)/b18-9+. The van der Waals surface area contributed by atoms with Crippen LogP contribution in [0.3, 0.4) is 0 Å². The van der Waals surface area contributed by atoms with Gasteiger partial charge in [0.15, 0.2) is 11.5 Å². The molecule has 0 bridgehead atoms. The molecule has 36 heavy (non-hydrogen) atoms. The fraction of sp³-hybridized carbons (Fsp3) is 0.125. The highest BCUT2D eigenvalue weighted by molar-refractivity contribution is 9.10. The van der Waals surface area contributed by atoms with Crippen LogP contribution in [0.15, 0.2) is 69.3 Å². The zero-order valence-electron chi connectivity index (χ0n) is 18.7. The van der Waals surface area contributed by atoms with E-state index in [0.717, 1.165) is 4.90 Å². The minimum Gasteiger partial charge on any atom is -0.493 e. The summed E-state index contributed by atoms with van der Waals surface area (Å²) in [6.07, 6.45) is 2.74. The molecule has 3 aromatic rings. The van der Waals surface area contributed by atoms with Gasteiger partial charge in [0.25, 0.3) is 17.5 Å². The van der Waals surface area contributed by atoms with Crippen molar-refractivity contribution in [2.75, 3.05) is 7.11 Å². The second kappa shape index (κ2) is 10.4. The normalized spacial score (nSPS) is 14.7. The van der Waals surface area contributed by atoms with E-state index >= 15 is 0 Å². The molecule has 2 heterocycles. The first-order valence-corrected chi connectivity index (χ1v) is 11.2. The summed E-state index contributed by atoms with van der Waals surface area (Å²) >= 11 is 3.40. The minimum absolute atomic E-state index is 0.0296. The van der Waals surface area contributed by atoms with E-state index in [-0.39, 0.29) is 30.2 Å². The number of methoxy groups -OCH3 is 1. The molecule has 0 aliphatic carbocycles. The second-order valence-corrected chi connectivity index (χ2v) is 8.39. The van der Waals surface area contributed by atoms with E-state index in [1.54, 1.807) is 36.4 Å². The van der Waals surface area contributed by atoms with E-state index in [1.807, 2.05) is 0 Å². The largest absolute Gasteiger partial charge is 0.493 e. The zero-order valence-corrected chi connectivity index (χ0v) is 20.3. The average molecular weight is 556 g/mol. The van der Waals surface area contributed by atoms with Gasteiger partial charge >= 0.3 is 6.03 Å². The molecule has 12 heteroatoms. The Bertz CT molecular complexity index is 1380. The van der Waals surface area contributed by atoms with Crippen LogP contribution in [0.4, 0.5) is 10.5 Å². The molecule has 1 fully saturated rings. The molecule has 0 saturated carbocycles. The molecule has 1 aliphatic rings. The third-order valence-corrected chi connectivity index (χ3v) is 5.74. The summed E-state index contributed by atoms with van der Waals surface area (Å²) in [4.78, 5) is 48.9. The van der Waals surface area contributed by atoms with E-state index < -0.39 is 22.8 Å². The summed E-state index contributed by atoms with van der Waals surface area (Å²) in [5.74, 6) is -0.626. The Balaban J connectivity index is 1.58. The number of nitrogens with one attached hydrogen (secondary N) is 1. The molecule has 0 unspecified atom stereocenters. The number of nitro benzene ring substituents is 1. The van der Waals surface area contributed by atoms with Gasteiger partial charge in [0.05, 0.1) is 29.3 Å². The molecule has 4 amide bonds. The number of furan rings is 1. The predicted molar refractivity (Wildman–Crippen MR) is 129 cm³/mol. The number of rotatable bonds is 8. The Morgan fingerprint density at radius 2 is 1.97 bits per heavy atom. The summed E-state index contributed by atoms with van der Waals surface area (Å²) in [5.41, 5.74) is 0.696. The van der Waals surface area contributed by atoms with E-state index in [4.69, 9.17) is 13.9 Å². The summed E-state index contributed by atoms with van der Waals surface area (Å²) in [6.45, 7) is -0.110. The lowest BCUT2D eigenvalue weighted by molar-refractivity contribution is -0.384. The maximum Gasteiger partial charge on any atom is 0.331 e. The van der Waals surface area contributed by atoms with E-state index in [1.165, 1.54) is 31.6 Å². The van der Waals surface area contributed by atoms with Crippen LogP contribution in [0.5, 0.6) is 11.5 Å². The van der Waals surface area contributed by atoms with Gasteiger partial charge in [0.1, 0.15) is 17.9 Å². The smallest absolute Gasteiger partial charge is 0.331 e. The van der Waals surface area contributed by atoms with Crippen molar-refractivity contribution in [2.45, 2.75) is 13.2 Å². The fourth-order valence-electron chi connectivity index (χ4n) is 3.44. The molecule has 11 nitrogen and oxygen atoms in total. The Morgan fingerprint density at radius 3 is 2.67 bits per heavy atom. The van der Waals surface area contributed by atoms with Crippen LogP contribution in [-0.4, -0.2) is 34.8 Å². The molecule has 1 aromatic heterocycles. The van der Waals surface area contributed by atoms with Gasteiger partial charge in [-0.25, -0.2) is 4.79 Å². The molecule has 1 saturated heterocycles. The van der Waals surface area contributed by atoms with Gasteiger partial charge in [-0.3, -0.25) is 29.9 Å². The summed E-state index contributed by atoms with van der Waals surface area (Å²) < 4.78 is 16.9. The Hall–Kier alpha value is -4.45. The van der Waals surface area contributed by atoms with Gasteiger partial charge in [-0.2, -0.15) is 0 Å². The number of benzene rings is 2. The predicted octanol–water partition coefficient (Wildman–Crippen LogP) is 4.20. The second-order valence-electron chi connectivity index (χ2n) is 7.54. The van der Waals surface area contributed by atoms with Crippen molar-refractivity contribution < 1.29 is 33.2 Å². The summed E-state index contributed by atoms with van der Waals surface area (Å²) in [6, 6.07) is 11.6. The average Bonchev–Trinajstić information content (AvgIpc) is 3.37. The maximum atomic E-state index is 12.9. The van der Waals surface area contributed by atoms with Crippen LogP contribution >= 0.6 is 15.9 Å². The van der Waals surface area contributed by atoms with Gasteiger partial charge in [-0.15, -0.1) is 0 Å². The number of barbiturate groups is 1. The molecular weight excluding hydrogens is 538 g/mol. The van der Waals surface area contributed by atoms with Crippen LogP contribution in [0.25, 0.3) is 6.08 Å². The van der Waals surface area contributed by atoms with E-state index in [9.17, 15) is 24.5 Å². The number of non-ortho nitro benzene ring substituents is 1. The maximum absolute atomic E-state index is 12.9. The number of amides is 4. The monoisotopic (exact) mass is 555 g/mol. The minimum atomic E-state index is -0.845. The van der Waals surface area contributed by atoms with Crippen molar-refractivity contribution in [3.63, 3.8) is 0 Å². The number of carbonyl (C=O) groups is 3. The van der Waals surface area contributed by atoms with Crippen molar-refractivity contribution in [2.24, 2.45) is 0 Å². The number of carbonyl (C=O) groups excluding carboxylic acids is 3. The Kier molecular flexibility index (Phi) is 7.15. The van der Waals surface area contributed by atoms with Gasteiger partial charge < -0.3 is 13.9 Å². The molecule has 4 rings (SSSR count). The van der Waals surface area contributed by atoms with Crippen molar-refractivity contribution in [3.05, 3.63) is 91.8 Å². The lowest BCUT2D eigenvalue weighted by Gasteiger charge is -2.25. The van der Waals surface area contributed by atoms with Gasteiger partial charge in [-0.1, -0.05) is 12.1 Å². The topological polar surface area (TPSA) is 141 Å². The molecule has 0 spiro atoms. The molecule has 1 aliphatic heterocycles.